The fourth-order valence-electron chi connectivity index (χ4n) is 2.47. The maximum atomic E-state index is 12.6. The van der Waals surface area contributed by atoms with Crippen LogP contribution in [0.25, 0.3) is 0 Å². The summed E-state index contributed by atoms with van der Waals surface area (Å²) in [6.07, 6.45) is 0. The lowest BCUT2D eigenvalue weighted by Crippen LogP contribution is -2.34. The van der Waals surface area contributed by atoms with Gasteiger partial charge in [-0.05, 0) is 44.8 Å². The van der Waals surface area contributed by atoms with Gasteiger partial charge in [0, 0.05) is 23.2 Å². The normalized spacial score (nSPS) is 13.0. The van der Waals surface area contributed by atoms with E-state index in [-0.39, 0.29) is 23.3 Å². The second-order valence-corrected chi connectivity index (χ2v) is 8.11. The molecule has 1 unspecified atom stereocenters. The van der Waals surface area contributed by atoms with E-state index in [1.54, 1.807) is 18.2 Å². The lowest BCUT2D eigenvalue weighted by atomic mass is 10.1. The largest absolute Gasteiger partial charge is 0.301 e. The Labute approximate surface area is 153 Å². The van der Waals surface area contributed by atoms with Gasteiger partial charge in [0.25, 0.3) is 0 Å². The standard InChI is InChI=1S/C18H21ClN2O3S/c1-13(22)14-7-6-8-15(11-14)25(23,24)20-12-18(21(2)3)16-9-4-5-10-17(16)19/h4-11,18,20H,12H2,1-3H3. The quantitative estimate of drug-likeness (QED) is 0.749. The highest BCUT2D eigenvalue weighted by Crippen LogP contribution is 2.26. The molecule has 7 heteroatoms. The number of Topliss-reactive ketones (excluding diaryl/α,β-unsaturated/α-hetero) is 1. The van der Waals surface area contributed by atoms with Crippen molar-refractivity contribution in [2.45, 2.75) is 17.9 Å². The first kappa shape index (κ1) is 19.6. The number of nitrogens with zero attached hydrogens (tertiary/aromatic N) is 1. The van der Waals surface area contributed by atoms with Crippen molar-refractivity contribution in [1.29, 1.82) is 0 Å². The Kier molecular flexibility index (Phi) is 6.35. The Balaban J connectivity index is 2.24. The van der Waals surface area contributed by atoms with Crippen LogP contribution in [0.15, 0.2) is 53.4 Å². The van der Waals surface area contributed by atoms with Gasteiger partial charge in [-0.2, -0.15) is 0 Å². The number of likely N-dealkylation sites (N-methyl/N-ethyl adjacent to an activating group) is 1. The van der Waals surface area contributed by atoms with Gasteiger partial charge in [-0.1, -0.05) is 41.9 Å². The molecule has 0 heterocycles. The van der Waals surface area contributed by atoms with Crippen LogP contribution in [-0.2, 0) is 10.0 Å². The lowest BCUT2D eigenvalue weighted by molar-refractivity contribution is 0.101. The summed E-state index contributed by atoms with van der Waals surface area (Å²) in [5, 5.41) is 0.582. The molecule has 5 nitrogen and oxygen atoms in total. The Morgan fingerprint density at radius 1 is 1.16 bits per heavy atom. The zero-order valence-corrected chi connectivity index (χ0v) is 15.9. The molecule has 0 saturated carbocycles. The second-order valence-electron chi connectivity index (χ2n) is 5.94. The number of carbonyl (C=O) groups is 1. The van der Waals surface area contributed by atoms with Gasteiger partial charge in [0.05, 0.1) is 4.90 Å². The van der Waals surface area contributed by atoms with E-state index in [1.165, 1.54) is 19.1 Å². The van der Waals surface area contributed by atoms with E-state index < -0.39 is 10.0 Å². The first-order valence-corrected chi connectivity index (χ1v) is 9.60. The first-order valence-electron chi connectivity index (χ1n) is 7.74. The van der Waals surface area contributed by atoms with E-state index in [0.717, 1.165) is 5.56 Å². The van der Waals surface area contributed by atoms with E-state index in [9.17, 15) is 13.2 Å². The van der Waals surface area contributed by atoms with Gasteiger partial charge in [0.1, 0.15) is 0 Å². The van der Waals surface area contributed by atoms with E-state index in [1.807, 2.05) is 37.2 Å². The van der Waals surface area contributed by atoms with Crippen molar-refractivity contribution in [2.75, 3.05) is 20.6 Å². The van der Waals surface area contributed by atoms with Crippen molar-refractivity contribution >= 4 is 27.4 Å². The van der Waals surface area contributed by atoms with Crippen LogP contribution in [-0.4, -0.2) is 39.7 Å². The zero-order valence-electron chi connectivity index (χ0n) is 14.4. The third kappa shape index (κ3) is 4.89. The van der Waals surface area contributed by atoms with Crippen LogP contribution in [0.1, 0.15) is 28.9 Å². The van der Waals surface area contributed by atoms with Crippen molar-refractivity contribution in [2.24, 2.45) is 0 Å². The van der Waals surface area contributed by atoms with Crippen LogP contribution in [0.3, 0.4) is 0 Å². The minimum absolute atomic E-state index is 0.0665. The third-order valence-electron chi connectivity index (χ3n) is 3.91. The maximum Gasteiger partial charge on any atom is 0.240 e. The summed E-state index contributed by atoms with van der Waals surface area (Å²) in [6, 6.07) is 13.1. The highest BCUT2D eigenvalue weighted by atomic mass is 35.5. The molecule has 0 aliphatic heterocycles. The Bertz CT molecular complexity index is 866. The van der Waals surface area contributed by atoms with E-state index in [0.29, 0.717) is 10.6 Å². The number of benzene rings is 2. The number of halogens is 1. The number of hydrogen-bond donors (Lipinski definition) is 1. The summed E-state index contributed by atoms with van der Waals surface area (Å²) in [5.74, 6) is -0.181. The molecule has 0 aromatic heterocycles. The van der Waals surface area contributed by atoms with Crippen molar-refractivity contribution in [3.05, 3.63) is 64.7 Å². The molecule has 25 heavy (non-hydrogen) atoms. The van der Waals surface area contributed by atoms with Crippen LogP contribution < -0.4 is 4.72 Å². The Morgan fingerprint density at radius 3 is 2.44 bits per heavy atom. The van der Waals surface area contributed by atoms with Crippen LogP contribution >= 0.6 is 11.6 Å². The molecule has 1 N–H and O–H groups in total. The van der Waals surface area contributed by atoms with Crippen LogP contribution in [0, 0.1) is 0 Å². The molecule has 0 aliphatic carbocycles. The number of nitrogens with one attached hydrogen (secondary N) is 1. The average Bonchev–Trinajstić information content (AvgIpc) is 2.56. The number of hydrogen-bond acceptors (Lipinski definition) is 4. The molecule has 1 atom stereocenters. The van der Waals surface area contributed by atoms with Crippen molar-refractivity contribution in [3.8, 4) is 0 Å². The smallest absolute Gasteiger partial charge is 0.240 e. The summed E-state index contributed by atoms with van der Waals surface area (Å²) in [7, 11) is -0.0181. The minimum atomic E-state index is -3.74. The maximum absolute atomic E-state index is 12.6. The zero-order chi connectivity index (χ0) is 18.6. The van der Waals surface area contributed by atoms with E-state index in [2.05, 4.69) is 4.72 Å². The summed E-state index contributed by atoms with van der Waals surface area (Å²) >= 11 is 6.24. The molecule has 0 radical (unpaired) electrons. The van der Waals surface area contributed by atoms with Gasteiger partial charge in [0.2, 0.25) is 10.0 Å². The molecule has 134 valence electrons. The van der Waals surface area contributed by atoms with Crippen LogP contribution in [0.5, 0.6) is 0 Å². The Morgan fingerprint density at radius 2 is 1.84 bits per heavy atom. The molecule has 2 aromatic carbocycles. The monoisotopic (exact) mass is 380 g/mol. The molecular weight excluding hydrogens is 360 g/mol. The Hall–Kier alpha value is -1.73. The fourth-order valence-corrected chi connectivity index (χ4v) is 3.82. The SMILES string of the molecule is CC(=O)c1cccc(S(=O)(=O)NCC(c2ccccc2Cl)N(C)C)c1. The second kappa shape index (κ2) is 8.10. The predicted molar refractivity (Wildman–Crippen MR) is 99.5 cm³/mol. The first-order chi connectivity index (χ1) is 11.7. The molecule has 0 saturated heterocycles. The summed E-state index contributed by atoms with van der Waals surface area (Å²) in [5.41, 5.74) is 1.20. The van der Waals surface area contributed by atoms with Gasteiger partial charge >= 0.3 is 0 Å². The molecular formula is C18H21ClN2O3S. The number of sulfonamides is 1. The van der Waals surface area contributed by atoms with Crippen LogP contribution in [0.2, 0.25) is 5.02 Å². The van der Waals surface area contributed by atoms with Crippen molar-refractivity contribution in [3.63, 3.8) is 0 Å². The molecule has 0 amide bonds. The molecule has 2 aromatic rings. The van der Waals surface area contributed by atoms with Gasteiger partial charge in [-0.25, -0.2) is 13.1 Å². The summed E-state index contributed by atoms with van der Waals surface area (Å²) in [6.45, 7) is 1.56. The highest BCUT2D eigenvalue weighted by Gasteiger charge is 2.21. The minimum Gasteiger partial charge on any atom is -0.301 e. The van der Waals surface area contributed by atoms with Gasteiger partial charge < -0.3 is 4.90 Å². The van der Waals surface area contributed by atoms with E-state index in [4.69, 9.17) is 11.6 Å². The molecule has 0 spiro atoms. The van der Waals surface area contributed by atoms with Crippen LogP contribution in [0.4, 0.5) is 0 Å². The lowest BCUT2D eigenvalue weighted by Gasteiger charge is -2.26. The molecule has 0 fully saturated rings. The highest BCUT2D eigenvalue weighted by molar-refractivity contribution is 7.89. The van der Waals surface area contributed by atoms with Gasteiger partial charge in [-0.15, -0.1) is 0 Å². The fraction of sp³-hybridized carbons (Fsp3) is 0.278. The average molecular weight is 381 g/mol. The number of ketones is 1. The topological polar surface area (TPSA) is 66.5 Å². The summed E-state index contributed by atoms with van der Waals surface area (Å²) in [4.78, 5) is 13.4. The predicted octanol–water partition coefficient (Wildman–Crippen LogP) is 3.12. The van der Waals surface area contributed by atoms with E-state index >= 15 is 0 Å². The van der Waals surface area contributed by atoms with Gasteiger partial charge in [-0.3, -0.25) is 4.79 Å². The van der Waals surface area contributed by atoms with Crippen molar-refractivity contribution in [1.82, 2.24) is 9.62 Å². The molecule has 0 bridgehead atoms. The molecule has 2 rings (SSSR count). The number of carbonyl (C=O) groups excluding carboxylic acids is 1. The van der Waals surface area contributed by atoms with Gasteiger partial charge in [0.15, 0.2) is 5.78 Å². The summed E-state index contributed by atoms with van der Waals surface area (Å²) < 4.78 is 27.8. The number of rotatable bonds is 7. The third-order valence-corrected chi connectivity index (χ3v) is 5.67. The molecule has 0 aliphatic rings. The van der Waals surface area contributed by atoms with Crippen molar-refractivity contribution < 1.29 is 13.2 Å².